The Morgan fingerprint density at radius 3 is 2.72 bits per heavy atom. The van der Waals surface area contributed by atoms with Gasteiger partial charge in [-0.25, -0.2) is 9.38 Å². The molecule has 1 aliphatic rings. The maximum atomic E-state index is 13.1. The summed E-state index contributed by atoms with van der Waals surface area (Å²) in [6.45, 7) is 0.130. The van der Waals surface area contributed by atoms with Crippen LogP contribution in [0.5, 0.6) is 5.75 Å². The van der Waals surface area contributed by atoms with Crippen molar-refractivity contribution in [3.8, 4) is 18.1 Å². The minimum atomic E-state index is -0.340. The molecule has 4 rings (SSSR count). The molecule has 1 heterocycles. The number of benzene rings is 3. The molecule has 1 fully saturated rings. The maximum Gasteiger partial charge on any atom is 0.264 e. The van der Waals surface area contributed by atoms with Gasteiger partial charge in [-0.1, -0.05) is 36.3 Å². The van der Waals surface area contributed by atoms with Gasteiger partial charge in [0.25, 0.3) is 5.91 Å². The van der Waals surface area contributed by atoms with E-state index in [2.05, 4.69) is 16.2 Å². The molecule has 1 aliphatic heterocycles. The Hall–Kier alpha value is -3.56. The fraction of sp³-hybridized carbons (Fsp3) is 0.0435. The number of nitrogens with zero attached hydrogens (tertiary/aromatic N) is 1. The summed E-state index contributed by atoms with van der Waals surface area (Å²) < 4.78 is 18.8. The number of amidine groups is 1. The van der Waals surface area contributed by atoms with Crippen LogP contribution in [0.15, 0.2) is 70.6 Å². The molecule has 0 radical (unpaired) electrons. The van der Waals surface area contributed by atoms with Gasteiger partial charge in [-0.15, -0.1) is 6.42 Å². The van der Waals surface area contributed by atoms with E-state index in [0.29, 0.717) is 21.5 Å². The van der Waals surface area contributed by atoms with E-state index in [-0.39, 0.29) is 18.3 Å². The van der Waals surface area contributed by atoms with E-state index >= 15 is 0 Å². The monoisotopic (exact) mass is 402 g/mol. The van der Waals surface area contributed by atoms with Crippen LogP contribution in [0.25, 0.3) is 16.8 Å². The lowest BCUT2D eigenvalue weighted by molar-refractivity contribution is -0.115. The average Bonchev–Trinajstić information content (AvgIpc) is 3.08. The summed E-state index contributed by atoms with van der Waals surface area (Å²) in [4.78, 5) is 17.3. The highest BCUT2D eigenvalue weighted by Gasteiger charge is 2.24. The molecule has 0 spiro atoms. The second-order valence-corrected chi connectivity index (χ2v) is 7.18. The minimum Gasteiger partial charge on any atom is -0.480 e. The topological polar surface area (TPSA) is 50.7 Å². The molecule has 0 aromatic heterocycles. The van der Waals surface area contributed by atoms with Crippen LogP contribution in [-0.2, 0) is 4.79 Å². The Kier molecular flexibility index (Phi) is 5.32. The first-order valence-electron chi connectivity index (χ1n) is 8.77. The number of rotatable bonds is 4. The zero-order chi connectivity index (χ0) is 20.2. The van der Waals surface area contributed by atoms with E-state index in [0.717, 1.165) is 16.3 Å². The molecule has 1 amide bonds. The summed E-state index contributed by atoms with van der Waals surface area (Å²) in [6.07, 6.45) is 7.11. The summed E-state index contributed by atoms with van der Waals surface area (Å²) in [7, 11) is 0. The standard InChI is InChI=1S/C23H15FN2O2S/c1-2-13-28-20-12-7-15-5-3-4-6-18(15)19(20)14-21-22(27)26-23(29-21)25-17-10-8-16(24)9-11-17/h1,3-12,14H,13H2,(H,25,26,27)/b21-14-. The zero-order valence-electron chi connectivity index (χ0n) is 15.2. The smallest absolute Gasteiger partial charge is 0.264 e. The Balaban J connectivity index is 1.72. The summed E-state index contributed by atoms with van der Waals surface area (Å²) in [5.74, 6) is 2.46. The van der Waals surface area contributed by atoms with Crippen molar-refractivity contribution in [3.63, 3.8) is 0 Å². The Morgan fingerprint density at radius 1 is 1.14 bits per heavy atom. The van der Waals surface area contributed by atoms with Gasteiger partial charge in [-0.05, 0) is 58.9 Å². The molecule has 29 heavy (non-hydrogen) atoms. The molecule has 3 aromatic rings. The number of halogens is 1. The largest absolute Gasteiger partial charge is 0.480 e. The first-order chi connectivity index (χ1) is 14.1. The number of amides is 1. The van der Waals surface area contributed by atoms with E-state index in [4.69, 9.17) is 11.2 Å². The van der Waals surface area contributed by atoms with E-state index in [1.54, 1.807) is 18.2 Å². The second-order valence-electron chi connectivity index (χ2n) is 6.15. The van der Waals surface area contributed by atoms with Crippen LogP contribution in [0.2, 0.25) is 0 Å². The number of nitrogens with one attached hydrogen (secondary N) is 1. The van der Waals surface area contributed by atoms with Crippen molar-refractivity contribution < 1.29 is 13.9 Å². The van der Waals surface area contributed by atoms with Gasteiger partial charge >= 0.3 is 0 Å². The van der Waals surface area contributed by atoms with Gasteiger partial charge in [0.05, 0.1) is 10.6 Å². The third-order valence-electron chi connectivity index (χ3n) is 4.23. The van der Waals surface area contributed by atoms with Crippen LogP contribution >= 0.6 is 11.8 Å². The first-order valence-corrected chi connectivity index (χ1v) is 9.59. The molecular weight excluding hydrogens is 387 g/mol. The third kappa shape index (κ3) is 4.15. The van der Waals surface area contributed by atoms with Gasteiger partial charge < -0.3 is 10.1 Å². The maximum absolute atomic E-state index is 13.1. The third-order valence-corrected chi connectivity index (χ3v) is 5.14. The summed E-state index contributed by atoms with van der Waals surface area (Å²) >= 11 is 1.21. The predicted molar refractivity (Wildman–Crippen MR) is 115 cm³/mol. The van der Waals surface area contributed by atoms with Crippen molar-refractivity contribution in [2.24, 2.45) is 4.99 Å². The molecule has 0 saturated carbocycles. The highest BCUT2D eigenvalue weighted by Crippen LogP contribution is 2.34. The highest BCUT2D eigenvalue weighted by molar-refractivity contribution is 8.18. The molecule has 3 aromatic carbocycles. The van der Waals surface area contributed by atoms with Crippen molar-refractivity contribution in [2.45, 2.75) is 0 Å². The number of carbonyl (C=O) groups excluding carboxylic acids is 1. The highest BCUT2D eigenvalue weighted by atomic mass is 32.2. The molecule has 0 atom stereocenters. The van der Waals surface area contributed by atoms with Crippen LogP contribution in [0.1, 0.15) is 5.56 Å². The van der Waals surface area contributed by atoms with Gasteiger partial charge in [-0.2, -0.15) is 0 Å². The van der Waals surface area contributed by atoms with Gasteiger partial charge in [0.1, 0.15) is 18.2 Å². The minimum absolute atomic E-state index is 0.130. The van der Waals surface area contributed by atoms with E-state index < -0.39 is 0 Å². The Bertz CT molecular complexity index is 1190. The lowest BCUT2D eigenvalue weighted by Crippen LogP contribution is -2.19. The number of terminal acetylenes is 1. The van der Waals surface area contributed by atoms with Crippen LogP contribution in [0, 0.1) is 18.2 Å². The molecule has 1 N–H and O–H groups in total. The van der Waals surface area contributed by atoms with Gasteiger partial charge in [0.15, 0.2) is 5.17 Å². The van der Waals surface area contributed by atoms with Crippen molar-refractivity contribution in [3.05, 3.63) is 76.9 Å². The molecule has 0 unspecified atom stereocenters. The van der Waals surface area contributed by atoms with Crippen LogP contribution in [0.3, 0.4) is 0 Å². The zero-order valence-corrected chi connectivity index (χ0v) is 16.0. The normalized spacial score (nSPS) is 16.2. The van der Waals surface area contributed by atoms with E-state index in [1.807, 2.05) is 36.4 Å². The lowest BCUT2D eigenvalue weighted by atomic mass is 10.0. The number of aliphatic imine (C=N–C) groups is 1. The summed E-state index contributed by atoms with van der Waals surface area (Å²) in [6, 6.07) is 17.4. The van der Waals surface area contributed by atoms with E-state index in [9.17, 15) is 9.18 Å². The molecule has 142 valence electrons. The van der Waals surface area contributed by atoms with Crippen molar-refractivity contribution in [1.29, 1.82) is 0 Å². The number of fused-ring (bicyclic) bond motifs is 1. The summed E-state index contributed by atoms with van der Waals surface area (Å²) in [5.41, 5.74) is 1.33. The number of hydrogen-bond donors (Lipinski definition) is 1. The number of ether oxygens (including phenoxy) is 1. The molecule has 4 nitrogen and oxygen atoms in total. The second kappa shape index (κ2) is 8.21. The predicted octanol–water partition coefficient (Wildman–Crippen LogP) is 4.88. The number of carbonyl (C=O) groups is 1. The Morgan fingerprint density at radius 2 is 1.93 bits per heavy atom. The number of thioether (sulfide) groups is 1. The molecule has 6 heteroatoms. The van der Waals surface area contributed by atoms with Gasteiger partial charge in [-0.3, -0.25) is 4.79 Å². The first kappa shape index (κ1) is 18.8. The van der Waals surface area contributed by atoms with Crippen LogP contribution < -0.4 is 10.1 Å². The van der Waals surface area contributed by atoms with Crippen molar-refractivity contribution in [1.82, 2.24) is 5.32 Å². The quantitative estimate of drug-likeness (QED) is 0.500. The Labute approximate surface area is 171 Å². The van der Waals surface area contributed by atoms with Crippen molar-refractivity contribution >= 4 is 45.4 Å². The van der Waals surface area contributed by atoms with E-state index in [1.165, 1.54) is 23.9 Å². The van der Waals surface area contributed by atoms with Crippen molar-refractivity contribution in [2.75, 3.05) is 6.61 Å². The average molecular weight is 402 g/mol. The molecule has 0 bridgehead atoms. The van der Waals surface area contributed by atoms with Gasteiger partial charge in [0, 0.05) is 5.56 Å². The number of hydrogen-bond acceptors (Lipinski definition) is 4. The van der Waals surface area contributed by atoms with Crippen LogP contribution in [0.4, 0.5) is 10.1 Å². The summed E-state index contributed by atoms with van der Waals surface area (Å²) in [5, 5.41) is 5.14. The SMILES string of the molecule is C#CCOc1ccc2ccccc2c1/C=C1\SC(=Nc2ccc(F)cc2)NC1=O. The fourth-order valence-electron chi connectivity index (χ4n) is 2.91. The van der Waals surface area contributed by atoms with Crippen LogP contribution in [-0.4, -0.2) is 17.7 Å². The molecular formula is C23H15FN2O2S. The molecule has 1 saturated heterocycles. The molecule has 0 aliphatic carbocycles. The van der Waals surface area contributed by atoms with Gasteiger partial charge in [0.2, 0.25) is 0 Å². The lowest BCUT2D eigenvalue weighted by Gasteiger charge is -2.10. The fourth-order valence-corrected chi connectivity index (χ4v) is 3.74.